The molecule has 2 rings (SSSR count). The highest BCUT2D eigenvalue weighted by Crippen LogP contribution is 2.22. The van der Waals surface area contributed by atoms with E-state index in [9.17, 15) is 9.18 Å². The van der Waals surface area contributed by atoms with Gasteiger partial charge in [0.25, 0.3) is 5.91 Å². The van der Waals surface area contributed by atoms with Crippen LogP contribution in [-0.4, -0.2) is 37.0 Å². The first-order valence-electron chi connectivity index (χ1n) is 6.41. The summed E-state index contributed by atoms with van der Waals surface area (Å²) in [6.45, 7) is 3.32. The number of hydrogen-bond donors (Lipinski definition) is 1. The molecule has 1 saturated heterocycles. The molecule has 1 aromatic rings. The average Bonchev–Trinajstić information content (AvgIpc) is 2.41. The minimum absolute atomic E-state index is 0.0904. The first kappa shape index (κ1) is 13.8. The van der Waals surface area contributed by atoms with E-state index in [4.69, 9.17) is 10.5 Å². The Bertz CT molecular complexity index is 479. The van der Waals surface area contributed by atoms with Crippen LogP contribution < -0.4 is 10.5 Å². The highest BCUT2D eigenvalue weighted by Gasteiger charge is 2.27. The van der Waals surface area contributed by atoms with Crippen molar-refractivity contribution in [2.75, 3.05) is 20.2 Å². The number of benzene rings is 1. The molecule has 1 aliphatic rings. The van der Waals surface area contributed by atoms with Gasteiger partial charge in [0.2, 0.25) is 0 Å². The van der Waals surface area contributed by atoms with Crippen LogP contribution >= 0.6 is 0 Å². The molecule has 0 radical (unpaired) electrons. The zero-order valence-corrected chi connectivity index (χ0v) is 11.2. The van der Waals surface area contributed by atoms with E-state index in [1.165, 1.54) is 25.3 Å². The van der Waals surface area contributed by atoms with Crippen LogP contribution in [0.15, 0.2) is 18.2 Å². The van der Waals surface area contributed by atoms with E-state index in [0.717, 1.165) is 6.42 Å². The molecule has 19 heavy (non-hydrogen) atoms. The van der Waals surface area contributed by atoms with Crippen molar-refractivity contribution in [3.8, 4) is 5.75 Å². The van der Waals surface area contributed by atoms with Crippen molar-refractivity contribution in [1.82, 2.24) is 4.90 Å². The van der Waals surface area contributed by atoms with E-state index in [-0.39, 0.29) is 23.6 Å². The number of halogens is 1. The third-order valence-corrected chi connectivity index (χ3v) is 3.66. The number of hydrogen-bond acceptors (Lipinski definition) is 3. The van der Waals surface area contributed by atoms with Crippen LogP contribution in [0.2, 0.25) is 0 Å². The van der Waals surface area contributed by atoms with E-state index in [0.29, 0.717) is 18.7 Å². The summed E-state index contributed by atoms with van der Waals surface area (Å²) in [5.41, 5.74) is 6.38. The SMILES string of the molecule is COc1cc(C(=O)N2CCC(N)C(C)C2)ccc1F. The average molecular weight is 266 g/mol. The maximum Gasteiger partial charge on any atom is 0.254 e. The standard InChI is InChI=1S/C14H19FN2O2/c1-9-8-17(6-5-12(9)16)14(18)10-3-4-11(15)13(7-10)19-2/h3-4,7,9,12H,5-6,8,16H2,1-2H3. The van der Waals surface area contributed by atoms with Gasteiger partial charge in [-0.05, 0) is 30.5 Å². The van der Waals surface area contributed by atoms with Gasteiger partial charge in [-0.2, -0.15) is 0 Å². The third kappa shape index (κ3) is 2.87. The van der Waals surface area contributed by atoms with Crippen LogP contribution in [0.3, 0.4) is 0 Å². The van der Waals surface area contributed by atoms with Crippen molar-refractivity contribution < 1.29 is 13.9 Å². The normalized spacial score (nSPS) is 23.3. The summed E-state index contributed by atoms with van der Waals surface area (Å²) in [6, 6.07) is 4.33. The van der Waals surface area contributed by atoms with Crippen LogP contribution in [0, 0.1) is 11.7 Å². The highest BCUT2D eigenvalue weighted by atomic mass is 19.1. The molecular formula is C14H19FN2O2. The lowest BCUT2D eigenvalue weighted by molar-refractivity contribution is 0.0663. The van der Waals surface area contributed by atoms with E-state index in [1.807, 2.05) is 6.92 Å². The molecule has 4 nitrogen and oxygen atoms in total. The molecule has 1 fully saturated rings. The molecule has 1 heterocycles. The second-order valence-corrected chi connectivity index (χ2v) is 5.03. The third-order valence-electron chi connectivity index (χ3n) is 3.66. The second kappa shape index (κ2) is 5.57. The number of piperidine rings is 1. The number of amides is 1. The first-order chi connectivity index (χ1) is 9.02. The lowest BCUT2D eigenvalue weighted by Crippen LogP contribution is -2.48. The molecule has 2 atom stereocenters. The molecule has 0 aliphatic carbocycles. The monoisotopic (exact) mass is 266 g/mol. The molecule has 0 spiro atoms. The lowest BCUT2D eigenvalue weighted by Gasteiger charge is -2.35. The number of nitrogens with two attached hydrogens (primary N) is 1. The molecule has 1 amide bonds. The van der Waals surface area contributed by atoms with Gasteiger partial charge >= 0.3 is 0 Å². The molecule has 2 unspecified atom stereocenters. The molecule has 2 N–H and O–H groups in total. The van der Waals surface area contributed by atoms with Crippen LogP contribution in [0.1, 0.15) is 23.7 Å². The predicted octanol–water partition coefficient (Wildman–Crippen LogP) is 1.64. The smallest absolute Gasteiger partial charge is 0.254 e. The van der Waals surface area contributed by atoms with Crippen LogP contribution in [-0.2, 0) is 0 Å². The lowest BCUT2D eigenvalue weighted by atomic mass is 9.94. The van der Waals surface area contributed by atoms with Crippen LogP contribution in [0.5, 0.6) is 5.75 Å². The Morgan fingerprint density at radius 3 is 2.89 bits per heavy atom. The number of rotatable bonds is 2. The van der Waals surface area contributed by atoms with E-state index in [2.05, 4.69) is 0 Å². The molecule has 1 aromatic carbocycles. The maximum absolute atomic E-state index is 13.3. The first-order valence-corrected chi connectivity index (χ1v) is 6.41. The van der Waals surface area contributed by atoms with Gasteiger partial charge in [0.05, 0.1) is 7.11 Å². The van der Waals surface area contributed by atoms with Crippen molar-refractivity contribution in [2.24, 2.45) is 11.7 Å². The number of nitrogens with zero attached hydrogens (tertiary/aromatic N) is 1. The Labute approximate surface area is 112 Å². The Balaban J connectivity index is 2.15. The molecular weight excluding hydrogens is 247 g/mol. The molecule has 5 heteroatoms. The van der Waals surface area contributed by atoms with Gasteiger partial charge in [-0.3, -0.25) is 4.79 Å². The summed E-state index contributed by atoms with van der Waals surface area (Å²) in [7, 11) is 1.38. The van der Waals surface area contributed by atoms with Crippen molar-refractivity contribution >= 4 is 5.91 Å². The van der Waals surface area contributed by atoms with Crippen LogP contribution in [0.4, 0.5) is 4.39 Å². The summed E-state index contributed by atoms with van der Waals surface area (Å²) in [5.74, 6) is -0.196. The zero-order chi connectivity index (χ0) is 14.0. The van der Waals surface area contributed by atoms with Gasteiger partial charge in [0.1, 0.15) is 0 Å². The Hall–Kier alpha value is -1.62. The number of carbonyl (C=O) groups is 1. The minimum atomic E-state index is -0.465. The Morgan fingerprint density at radius 1 is 1.53 bits per heavy atom. The topological polar surface area (TPSA) is 55.6 Å². The van der Waals surface area contributed by atoms with Gasteiger partial charge < -0.3 is 15.4 Å². The molecule has 0 aromatic heterocycles. The Morgan fingerprint density at radius 2 is 2.26 bits per heavy atom. The van der Waals surface area contributed by atoms with Crippen molar-refractivity contribution in [1.29, 1.82) is 0 Å². The fraction of sp³-hybridized carbons (Fsp3) is 0.500. The number of likely N-dealkylation sites (tertiary alicyclic amines) is 1. The summed E-state index contributed by atoms with van der Waals surface area (Å²) in [5, 5.41) is 0. The summed E-state index contributed by atoms with van der Waals surface area (Å²) in [6.07, 6.45) is 0.797. The fourth-order valence-electron chi connectivity index (χ4n) is 2.32. The number of methoxy groups -OCH3 is 1. The van der Waals surface area contributed by atoms with Gasteiger partial charge in [-0.1, -0.05) is 6.92 Å². The number of ether oxygens (including phenoxy) is 1. The van der Waals surface area contributed by atoms with Crippen LogP contribution in [0.25, 0.3) is 0 Å². The summed E-state index contributed by atoms with van der Waals surface area (Å²) < 4.78 is 18.2. The van der Waals surface area contributed by atoms with E-state index >= 15 is 0 Å². The van der Waals surface area contributed by atoms with Crippen molar-refractivity contribution in [2.45, 2.75) is 19.4 Å². The summed E-state index contributed by atoms with van der Waals surface area (Å²) >= 11 is 0. The fourth-order valence-corrected chi connectivity index (χ4v) is 2.32. The second-order valence-electron chi connectivity index (χ2n) is 5.03. The highest BCUT2D eigenvalue weighted by molar-refractivity contribution is 5.94. The summed E-state index contributed by atoms with van der Waals surface area (Å²) in [4.78, 5) is 14.1. The van der Waals surface area contributed by atoms with Gasteiger partial charge in [0.15, 0.2) is 11.6 Å². The molecule has 0 saturated carbocycles. The van der Waals surface area contributed by atoms with Gasteiger partial charge in [-0.25, -0.2) is 4.39 Å². The molecule has 1 aliphatic heterocycles. The zero-order valence-electron chi connectivity index (χ0n) is 11.2. The van der Waals surface area contributed by atoms with Gasteiger partial charge in [0, 0.05) is 24.7 Å². The van der Waals surface area contributed by atoms with Crippen molar-refractivity contribution in [3.63, 3.8) is 0 Å². The minimum Gasteiger partial charge on any atom is -0.494 e. The molecule has 104 valence electrons. The predicted molar refractivity (Wildman–Crippen MR) is 70.6 cm³/mol. The quantitative estimate of drug-likeness (QED) is 0.885. The van der Waals surface area contributed by atoms with Crippen molar-refractivity contribution in [3.05, 3.63) is 29.6 Å². The maximum atomic E-state index is 13.3. The van der Waals surface area contributed by atoms with E-state index in [1.54, 1.807) is 4.90 Å². The Kier molecular flexibility index (Phi) is 4.04. The largest absolute Gasteiger partial charge is 0.494 e. The molecule has 0 bridgehead atoms. The van der Waals surface area contributed by atoms with Gasteiger partial charge in [-0.15, -0.1) is 0 Å². The van der Waals surface area contributed by atoms with E-state index < -0.39 is 5.82 Å². The number of carbonyl (C=O) groups excluding carboxylic acids is 1.